The van der Waals surface area contributed by atoms with Gasteiger partial charge in [0.1, 0.15) is 5.82 Å². The number of tetrazole rings is 1. The first kappa shape index (κ1) is 20.1. The zero-order valence-electron chi connectivity index (χ0n) is 16.6. The number of aryl methyl sites for hydroxylation is 1. The number of hydrogen-bond donors (Lipinski definition) is 1. The average Bonchev–Trinajstić information content (AvgIpc) is 3.32. The van der Waals surface area contributed by atoms with Crippen LogP contribution in [0.3, 0.4) is 0 Å². The van der Waals surface area contributed by atoms with Gasteiger partial charge >= 0.3 is 0 Å². The molecule has 2 aromatic heterocycles. The van der Waals surface area contributed by atoms with Crippen LogP contribution in [0.5, 0.6) is 0 Å². The van der Waals surface area contributed by atoms with Crippen LogP contribution in [-0.2, 0) is 11.3 Å². The lowest BCUT2D eigenvalue weighted by molar-refractivity contribution is -0.113. The molecule has 2 heterocycles. The molecule has 1 N–H and O–H groups in total. The molecular formula is C19H25N7OS. The van der Waals surface area contributed by atoms with Crippen molar-refractivity contribution in [1.82, 2.24) is 30.0 Å². The van der Waals surface area contributed by atoms with E-state index in [0.29, 0.717) is 16.9 Å². The SMILES string of the molecule is CCC(C)Cn1nccc1NC(=O)CSc1nnnn1-c1cccc(C)c1C. The Labute approximate surface area is 168 Å². The Bertz CT molecular complexity index is 949. The van der Waals surface area contributed by atoms with E-state index in [1.807, 2.05) is 42.8 Å². The van der Waals surface area contributed by atoms with E-state index in [2.05, 4.69) is 39.8 Å². The summed E-state index contributed by atoms with van der Waals surface area (Å²) in [6.07, 6.45) is 2.76. The van der Waals surface area contributed by atoms with Crippen LogP contribution in [0.4, 0.5) is 5.82 Å². The summed E-state index contributed by atoms with van der Waals surface area (Å²) in [6.45, 7) is 9.16. The van der Waals surface area contributed by atoms with Crippen molar-refractivity contribution >= 4 is 23.5 Å². The fraction of sp³-hybridized carbons (Fsp3) is 0.421. The lowest BCUT2D eigenvalue weighted by atomic mass is 10.1. The van der Waals surface area contributed by atoms with E-state index in [1.165, 1.54) is 11.8 Å². The smallest absolute Gasteiger partial charge is 0.235 e. The lowest BCUT2D eigenvalue weighted by Gasteiger charge is -2.12. The van der Waals surface area contributed by atoms with Crippen LogP contribution in [0.25, 0.3) is 5.69 Å². The molecule has 0 saturated heterocycles. The number of benzene rings is 1. The molecule has 0 aliphatic carbocycles. The number of anilines is 1. The van der Waals surface area contributed by atoms with Crippen LogP contribution in [0.2, 0.25) is 0 Å². The molecule has 0 radical (unpaired) electrons. The highest BCUT2D eigenvalue weighted by Crippen LogP contribution is 2.22. The Morgan fingerprint density at radius 3 is 2.89 bits per heavy atom. The second-order valence-electron chi connectivity index (χ2n) is 6.84. The Balaban J connectivity index is 1.65. The third-order valence-corrected chi connectivity index (χ3v) is 5.66. The first-order chi connectivity index (χ1) is 13.5. The minimum absolute atomic E-state index is 0.119. The highest BCUT2D eigenvalue weighted by Gasteiger charge is 2.15. The van der Waals surface area contributed by atoms with Gasteiger partial charge in [0.05, 0.1) is 17.6 Å². The third-order valence-electron chi connectivity index (χ3n) is 4.74. The second kappa shape index (κ2) is 9.01. The van der Waals surface area contributed by atoms with Crippen LogP contribution in [-0.4, -0.2) is 41.6 Å². The van der Waals surface area contributed by atoms with Gasteiger partial charge in [-0.3, -0.25) is 4.79 Å². The number of nitrogens with one attached hydrogen (secondary N) is 1. The van der Waals surface area contributed by atoms with Crippen LogP contribution >= 0.6 is 11.8 Å². The van der Waals surface area contributed by atoms with Crippen molar-refractivity contribution in [3.05, 3.63) is 41.6 Å². The first-order valence-electron chi connectivity index (χ1n) is 9.29. The number of thioether (sulfide) groups is 1. The van der Waals surface area contributed by atoms with E-state index in [-0.39, 0.29) is 11.7 Å². The number of carbonyl (C=O) groups excluding carboxylic acids is 1. The van der Waals surface area contributed by atoms with E-state index < -0.39 is 0 Å². The van der Waals surface area contributed by atoms with Crippen molar-refractivity contribution in [2.24, 2.45) is 5.92 Å². The summed E-state index contributed by atoms with van der Waals surface area (Å²) in [5, 5.41) is 19.7. The summed E-state index contributed by atoms with van der Waals surface area (Å²) in [4.78, 5) is 12.4. The number of aromatic nitrogens is 6. The topological polar surface area (TPSA) is 90.5 Å². The summed E-state index contributed by atoms with van der Waals surface area (Å²) in [6, 6.07) is 7.80. The van der Waals surface area contributed by atoms with E-state index in [4.69, 9.17) is 0 Å². The molecule has 0 aliphatic rings. The molecule has 8 nitrogen and oxygen atoms in total. The maximum atomic E-state index is 12.4. The molecule has 3 rings (SSSR count). The molecule has 28 heavy (non-hydrogen) atoms. The predicted molar refractivity (Wildman–Crippen MR) is 110 cm³/mol. The largest absolute Gasteiger partial charge is 0.310 e. The van der Waals surface area contributed by atoms with Crippen molar-refractivity contribution in [1.29, 1.82) is 0 Å². The molecule has 1 aromatic carbocycles. The Kier molecular flexibility index (Phi) is 6.45. The van der Waals surface area contributed by atoms with Crippen LogP contribution in [0.15, 0.2) is 35.6 Å². The molecule has 0 saturated carbocycles. The van der Waals surface area contributed by atoms with Gasteiger partial charge in [-0.05, 0) is 47.4 Å². The van der Waals surface area contributed by atoms with Crippen molar-refractivity contribution in [2.75, 3.05) is 11.1 Å². The van der Waals surface area contributed by atoms with Crippen LogP contribution in [0, 0.1) is 19.8 Å². The number of rotatable bonds is 8. The quantitative estimate of drug-likeness (QED) is 0.585. The van der Waals surface area contributed by atoms with Crippen LogP contribution < -0.4 is 5.32 Å². The number of hydrogen-bond acceptors (Lipinski definition) is 6. The average molecular weight is 400 g/mol. The molecule has 148 valence electrons. The molecule has 1 amide bonds. The molecule has 3 aromatic rings. The van der Waals surface area contributed by atoms with Gasteiger partial charge in [-0.1, -0.05) is 44.2 Å². The molecule has 0 fully saturated rings. The molecule has 1 unspecified atom stereocenters. The van der Waals surface area contributed by atoms with Gasteiger partial charge in [0.2, 0.25) is 11.1 Å². The molecule has 1 atom stereocenters. The molecule has 0 aliphatic heterocycles. The summed E-state index contributed by atoms with van der Waals surface area (Å²) < 4.78 is 3.50. The zero-order valence-corrected chi connectivity index (χ0v) is 17.4. The Hall–Kier alpha value is -2.68. The highest BCUT2D eigenvalue weighted by atomic mass is 32.2. The van der Waals surface area contributed by atoms with Gasteiger partial charge in [-0.2, -0.15) is 9.78 Å². The summed E-state index contributed by atoms with van der Waals surface area (Å²) >= 11 is 1.30. The fourth-order valence-electron chi connectivity index (χ4n) is 2.70. The highest BCUT2D eigenvalue weighted by molar-refractivity contribution is 7.99. The predicted octanol–water partition coefficient (Wildman–Crippen LogP) is 3.25. The normalized spacial score (nSPS) is 12.1. The summed E-state index contributed by atoms with van der Waals surface area (Å²) in [7, 11) is 0. The van der Waals surface area contributed by atoms with Crippen molar-refractivity contribution in [3.63, 3.8) is 0 Å². The number of amides is 1. The molecule has 0 bridgehead atoms. The molecule has 9 heteroatoms. The van der Waals surface area contributed by atoms with Gasteiger partial charge in [0.25, 0.3) is 0 Å². The first-order valence-corrected chi connectivity index (χ1v) is 10.3. The minimum atomic E-state index is -0.119. The molecular weight excluding hydrogens is 374 g/mol. The standard InChI is InChI=1S/C19H25N7OS/c1-5-13(2)11-25-17(9-10-20-25)21-18(27)12-28-19-22-23-24-26(19)16-8-6-7-14(3)15(16)4/h6-10,13H,5,11-12H2,1-4H3,(H,21,27). The van der Waals surface area contributed by atoms with Gasteiger partial charge < -0.3 is 5.32 Å². The van der Waals surface area contributed by atoms with Crippen molar-refractivity contribution in [3.8, 4) is 5.69 Å². The van der Waals surface area contributed by atoms with Crippen LogP contribution in [0.1, 0.15) is 31.4 Å². The Morgan fingerprint density at radius 1 is 1.29 bits per heavy atom. The minimum Gasteiger partial charge on any atom is -0.310 e. The maximum absolute atomic E-state index is 12.4. The Morgan fingerprint density at radius 2 is 2.11 bits per heavy atom. The molecule has 0 spiro atoms. The van der Waals surface area contributed by atoms with E-state index >= 15 is 0 Å². The van der Waals surface area contributed by atoms with Gasteiger partial charge in [-0.25, -0.2) is 4.68 Å². The van der Waals surface area contributed by atoms with E-state index in [9.17, 15) is 4.79 Å². The second-order valence-corrected chi connectivity index (χ2v) is 7.78. The number of carbonyl (C=O) groups is 1. The summed E-state index contributed by atoms with van der Waals surface area (Å²) in [5.74, 6) is 1.29. The van der Waals surface area contributed by atoms with Crippen molar-refractivity contribution in [2.45, 2.75) is 45.8 Å². The fourth-order valence-corrected chi connectivity index (χ4v) is 3.39. The maximum Gasteiger partial charge on any atom is 0.235 e. The zero-order chi connectivity index (χ0) is 20.1. The van der Waals surface area contributed by atoms with Crippen molar-refractivity contribution < 1.29 is 4.79 Å². The van der Waals surface area contributed by atoms with E-state index in [1.54, 1.807) is 10.9 Å². The van der Waals surface area contributed by atoms with E-state index in [0.717, 1.165) is 29.8 Å². The monoisotopic (exact) mass is 399 g/mol. The third kappa shape index (κ3) is 4.59. The van der Waals surface area contributed by atoms with Gasteiger partial charge in [-0.15, -0.1) is 5.10 Å². The van der Waals surface area contributed by atoms with Gasteiger partial charge in [0, 0.05) is 12.6 Å². The number of nitrogens with zero attached hydrogens (tertiary/aromatic N) is 6. The van der Waals surface area contributed by atoms with Gasteiger partial charge in [0.15, 0.2) is 0 Å². The summed E-state index contributed by atoms with van der Waals surface area (Å²) in [5.41, 5.74) is 3.19. The lowest BCUT2D eigenvalue weighted by Crippen LogP contribution is -2.19.